The van der Waals surface area contributed by atoms with Gasteiger partial charge in [0.1, 0.15) is 0 Å². The Hall–Kier alpha value is -2.94. The lowest BCUT2D eigenvalue weighted by Gasteiger charge is -2.27. The summed E-state index contributed by atoms with van der Waals surface area (Å²) in [5, 5.41) is 15.4. The molecule has 8 heteroatoms. The number of benzene rings is 2. The monoisotopic (exact) mass is 463 g/mol. The van der Waals surface area contributed by atoms with E-state index in [0.717, 1.165) is 61.7 Å². The van der Waals surface area contributed by atoms with Crippen LogP contribution in [0.4, 0.5) is 11.6 Å². The van der Waals surface area contributed by atoms with E-state index in [2.05, 4.69) is 44.9 Å². The molecule has 0 bridgehead atoms. The van der Waals surface area contributed by atoms with Crippen LogP contribution in [-0.4, -0.2) is 64.4 Å². The Kier molecular flexibility index (Phi) is 8.30. The van der Waals surface area contributed by atoms with Gasteiger partial charge in [0.2, 0.25) is 5.95 Å². The van der Waals surface area contributed by atoms with Crippen LogP contribution in [0.1, 0.15) is 23.2 Å². The van der Waals surface area contributed by atoms with Gasteiger partial charge >= 0.3 is 0 Å². The molecule has 4 rings (SSSR count). The van der Waals surface area contributed by atoms with Gasteiger partial charge in [-0.15, -0.1) is 11.8 Å². The van der Waals surface area contributed by atoms with E-state index in [1.54, 1.807) is 18.0 Å². The number of rotatable bonds is 9. The molecule has 0 aliphatic carbocycles. The Morgan fingerprint density at radius 3 is 2.52 bits per heavy atom. The molecule has 2 aromatic carbocycles. The van der Waals surface area contributed by atoms with Crippen molar-refractivity contribution in [1.82, 2.24) is 20.2 Å². The number of thioether (sulfide) groups is 1. The number of aromatic nitrogens is 2. The second-order valence-corrected chi connectivity index (χ2v) is 8.98. The van der Waals surface area contributed by atoms with Crippen LogP contribution >= 0.6 is 11.8 Å². The van der Waals surface area contributed by atoms with Crippen molar-refractivity contribution >= 4 is 29.3 Å². The average molecular weight is 464 g/mol. The Morgan fingerprint density at radius 1 is 1.03 bits per heavy atom. The zero-order valence-corrected chi connectivity index (χ0v) is 19.4. The van der Waals surface area contributed by atoms with Gasteiger partial charge in [0.05, 0.1) is 5.69 Å². The van der Waals surface area contributed by atoms with Gasteiger partial charge in [-0.1, -0.05) is 12.1 Å². The third-order valence-electron chi connectivity index (χ3n) is 5.42. The van der Waals surface area contributed by atoms with E-state index in [4.69, 9.17) is 5.11 Å². The minimum absolute atomic E-state index is 0.0660. The summed E-state index contributed by atoms with van der Waals surface area (Å²) in [7, 11) is 0. The zero-order valence-electron chi connectivity index (χ0n) is 18.5. The van der Waals surface area contributed by atoms with Crippen molar-refractivity contribution in [2.24, 2.45) is 0 Å². The first-order valence-electron chi connectivity index (χ1n) is 11.3. The molecule has 0 unspecified atom stereocenters. The van der Waals surface area contributed by atoms with Crippen molar-refractivity contribution in [2.75, 3.05) is 43.9 Å². The number of aliphatic hydroxyl groups excluding tert-OH is 1. The van der Waals surface area contributed by atoms with Crippen LogP contribution in [0.15, 0.2) is 65.7 Å². The van der Waals surface area contributed by atoms with Gasteiger partial charge in [-0.2, -0.15) is 0 Å². The van der Waals surface area contributed by atoms with Gasteiger partial charge in [-0.3, -0.25) is 4.79 Å². The molecule has 3 aromatic rings. The minimum Gasteiger partial charge on any atom is -0.396 e. The molecule has 1 aliphatic heterocycles. The van der Waals surface area contributed by atoms with E-state index < -0.39 is 0 Å². The molecule has 1 fully saturated rings. The first-order chi connectivity index (χ1) is 16.2. The first-order valence-corrected chi connectivity index (χ1v) is 12.3. The lowest BCUT2D eigenvalue weighted by Crippen LogP contribution is -2.46. The Bertz CT molecular complexity index is 1040. The fourth-order valence-electron chi connectivity index (χ4n) is 3.58. The summed E-state index contributed by atoms with van der Waals surface area (Å²) in [4.78, 5) is 24.7. The second-order valence-electron chi connectivity index (χ2n) is 7.81. The van der Waals surface area contributed by atoms with Gasteiger partial charge in [-0.25, -0.2) is 9.97 Å². The Morgan fingerprint density at radius 2 is 1.79 bits per heavy atom. The fourth-order valence-corrected chi connectivity index (χ4v) is 4.49. The minimum atomic E-state index is 0.0660. The molecule has 0 spiro atoms. The number of hydrogen-bond acceptors (Lipinski definition) is 7. The zero-order chi connectivity index (χ0) is 22.9. The molecule has 0 radical (unpaired) electrons. The summed E-state index contributed by atoms with van der Waals surface area (Å²) in [6.07, 6.45) is 3.59. The number of hydrogen-bond donors (Lipinski definition) is 3. The highest BCUT2D eigenvalue weighted by atomic mass is 32.2. The molecular weight excluding hydrogens is 434 g/mol. The van der Waals surface area contributed by atoms with Crippen LogP contribution in [0, 0.1) is 0 Å². The maximum Gasteiger partial charge on any atom is 0.253 e. The van der Waals surface area contributed by atoms with Crippen LogP contribution in [0.2, 0.25) is 0 Å². The average Bonchev–Trinajstić information content (AvgIpc) is 2.88. The standard InChI is InChI=1S/C25H29N5O2S/c31-17-1-2-18-33-22-9-5-19(6-10-22)23-11-12-27-25(29-23)28-21-7-3-20(4-8-21)24(32)30-15-13-26-14-16-30/h3-12,26,31H,1-2,13-18H2,(H,27,28,29). The van der Waals surface area contributed by atoms with Gasteiger partial charge in [0.15, 0.2) is 0 Å². The van der Waals surface area contributed by atoms with E-state index in [1.807, 2.05) is 35.2 Å². The third-order valence-corrected chi connectivity index (χ3v) is 6.52. The SMILES string of the molecule is O=C(c1ccc(Nc2nccc(-c3ccc(SCCCCO)cc3)n2)cc1)N1CCNCC1. The highest BCUT2D eigenvalue weighted by Gasteiger charge is 2.17. The quantitative estimate of drug-likeness (QED) is 0.328. The third kappa shape index (κ3) is 6.54. The highest BCUT2D eigenvalue weighted by molar-refractivity contribution is 7.99. The number of nitrogens with one attached hydrogen (secondary N) is 2. The van der Waals surface area contributed by atoms with Crippen LogP contribution in [0.3, 0.4) is 0 Å². The maximum atomic E-state index is 12.6. The van der Waals surface area contributed by atoms with E-state index in [0.29, 0.717) is 11.5 Å². The molecule has 2 heterocycles. The number of anilines is 2. The molecule has 3 N–H and O–H groups in total. The Labute approximate surface area is 198 Å². The van der Waals surface area contributed by atoms with Crippen molar-refractivity contribution in [1.29, 1.82) is 0 Å². The highest BCUT2D eigenvalue weighted by Crippen LogP contribution is 2.25. The van der Waals surface area contributed by atoms with E-state index in [-0.39, 0.29) is 12.5 Å². The number of aliphatic hydroxyl groups is 1. The molecule has 0 atom stereocenters. The second kappa shape index (κ2) is 11.8. The molecule has 7 nitrogen and oxygen atoms in total. The number of amides is 1. The molecule has 1 saturated heterocycles. The van der Waals surface area contributed by atoms with Crippen LogP contribution in [-0.2, 0) is 0 Å². The van der Waals surface area contributed by atoms with Gasteiger partial charge in [0, 0.05) is 60.7 Å². The summed E-state index contributed by atoms with van der Waals surface area (Å²) in [6.45, 7) is 3.41. The number of piperazine rings is 1. The van der Waals surface area contributed by atoms with Crippen molar-refractivity contribution in [3.63, 3.8) is 0 Å². The Balaban J connectivity index is 1.37. The summed E-state index contributed by atoms with van der Waals surface area (Å²) in [6, 6.07) is 17.7. The van der Waals surface area contributed by atoms with Crippen LogP contribution < -0.4 is 10.6 Å². The lowest BCUT2D eigenvalue weighted by atomic mass is 10.1. The molecule has 1 amide bonds. The molecular formula is C25H29N5O2S. The largest absolute Gasteiger partial charge is 0.396 e. The maximum absolute atomic E-state index is 12.6. The van der Waals surface area contributed by atoms with Crippen LogP contribution in [0.25, 0.3) is 11.3 Å². The normalized spacial score (nSPS) is 13.7. The molecule has 1 aliphatic rings. The first kappa shape index (κ1) is 23.2. The fraction of sp³-hybridized carbons (Fsp3) is 0.320. The number of unbranched alkanes of at least 4 members (excludes halogenated alkanes) is 1. The summed E-state index contributed by atoms with van der Waals surface area (Å²) in [5.41, 5.74) is 3.39. The predicted molar refractivity (Wildman–Crippen MR) is 133 cm³/mol. The van der Waals surface area contributed by atoms with E-state index in [9.17, 15) is 4.79 Å². The molecule has 1 aromatic heterocycles. The van der Waals surface area contributed by atoms with Crippen LogP contribution in [0.5, 0.6) is 0 Å². The smallest absolute Gasteiger partial charge is 0.253 e. The summed E-state index contributed by atoms with van der Waals surface area (Å²) in [5.74, 6) is 1.58. The van der Waals surface area contributed by atoms with E-state index in [1.165, 1.54) is 4.90 Å². The predicted octanol–water partition coefficient (Wildman–Crippen LogP) is 3.80. The summed E-state index contributed by atoms with van der Waals surface area (Å²) >= 11 is 1.79. The van der Waals surface area contributed by atoms with E-state index >= 15 is 0 Å². The molecule has 172 valence electrons. The molecule has 33 heavy (non-hydrogen) atoms. The topological polar surface area (TPSA) is 90.4 Å². The van der Waals surface area contributed by atoms with Crippen molar-refractivity contribution < 1.29 is 9.90 Å². The van der Waals surface area contributed by atoms with Crippen molar-refractivity contribution in [2.45, 2.75) is 17.7 Å². The van der Waals surface area contributed by atoms with Gasteiger partial charge in [-0.05, 0) is 61.1 Å². The lowest BCUT2D eigenvalue weighted by molar-refractivity contribution is 0.0736. The number of nitrogens with zero attached hydrogens (tertiary/aromatic N) is 3. The number of carbonyl (C=O) groups is 1. The van der Waals surface area contributed by atoms with Gasteiger partial charge in [0.25, 0.3) is 5.91 Å². The van der Waals surface area contributed by atoms with Gasteiger partial charge < -0.3 is 20.6 Å². The summed E-state index contributed by atoms with van der Waals surface area (Å²) < 4.78 is 0. The van der Waals surface area contributed by atoms with Crippen molar-refractivity contribution in [3.05, 3.63) is 66.4 Å². The molecule has 0 saturated carbocycles. The number of carbonyl (C=O) groups excluding carboxylic acids is 1. The van der Waals surface area contributed by atoms with Crippen molar-refractivity contribution in [3.8, 4) is 11.3 Å².